The Labute approximate surface area is 422 Å². The first-order chi connectivity index (χ1) is 33.7. The molecule has 10 N–H and O–H groups in total. The molecule has 2 unspecified atom stereocenters. The zero-order valence-electron chi connectivity index (χ0n) is 42.0. The third kappa shape index (κ3) is 35.4. The molecule has 0 bridgehead atoms. The van der Waals surface area contributed by atoms with Gasteiger partial charge in [0.2, 0.25) is 0 Å². The van der Waals surface area contributed by atoms with Crippen molar-refractivity contribution >= 4 is 44.4 Å². The number of rotatable bonds is 47. The molecular weight excluding hydrogens is 1020 g/mol. The first-order valence-corrected chi connectivity index (χ1v) is 31.0. The van der Waals surface area contributed by atoms with E-state index in [9.17, 15) is 63.1 Å². The number of unbranched alkanes of at least 4 members (excludes halogenated alkanes) is 24. The van der Waals surface area contributed by atoms with Gasteiger partial charge in [-0.15, -0.1) is 4.67 Å². The van der Waals surface area contributed by atoms with E-state index in [4.69, 9.17) is 28.8 Å². The smallest absolute Gasteiger partial charge is 0.456 e. The Morgan fingerprint density at radius 1 is 0.521 bits per heavy atom. The second-order valence-electron chi connectivity index (χ2n) is 18.1. The second kappa shape index (κ2) is 40.6. The summed E-state index contributed by atoms with van der Waals surface area (Å²) < 4.78 is 76.8. The van der Waals surface area contributed by atoms with Crippen molar-refractivity contribution in [2.24, 2.45) is 5.73 Å². The molecule has 71 heavy (non-hydrogen) atoms. The summed E-state index contributed by atoms with van der Waals surface area (Å²) in [6.45, 7) is 2.49. The average molecular weight is 1110 g/mol. The van der Waals surface area contributed by atoms with E-state index in [0.717, 1.165) is 64.2 Å². The standard InChI is InChI=1S/C44H89NO22P4/c1-3-5-7-9-11-13-15-17-19-21-23-25-27-29-37(46)62-35(33-60-68-64-42-39(48)40(49)43(65-69(51,52)53)44(41(42)50)66-70(54,55)56)36(34-61-71(57,58)67-59-32-31-45)63-38(47)30-28-26-24-22-20-18-16-14-12-10-8-6-4-2/h35-36,39-44,48-50,68H,3-34,45H2,1-2H3,(H,57,58)(H2,51,52,53)(H2,54,55,56)/t35-,36-,39-,40+,41+,42-,43-,44-/m1/s1. The molecule has 0 aromatic carbocycles. The summed E-state index contributed by atoms with van der Waals surface area (Å²) >= 11 is 0. The van der Waals surface area contributed by atoms with E-state index in [1.165, 1.54) is 89.9 Å². The van der Waals surface area contributed by atoms with Gasteiger partial charge >= 0.3 is 35.4 Å². The van der Waals surface area contributed by atoms with E-state index < -0.39 is 106 Å². The number of nitrogens with two attached hydrogens (primary N) is 1. The van der Waals surface area contributed by atoms with E-state index in [0.29, 0.717) is 12.8 Å². The third-order valence-electron chi connectivity index (χ3n) is 11.7. The second-order valence-corrected chi connectivity index (χ2v) is 22.5. The first-order valence-electron chi connectivity index (χ1n) is 25.7. The van der Waals surface area contributed by atoms with Crippen LogP contribution in [-0.2, 0) is 64.9 Å². The fourth-order valence-electron chi connectivity index (χ4n) is 7.88. The van der Waals surface area contributed by atoms with Crippen molar-refractivity contribution in [1.29, 1.82) is 0 Å². The molecule has 0 aliphatic heterocycles. The lowest BCUT2D eigenvalue weighted by Gasteiger charge is -2.44. The minimum Gasteiger partial charge on any atom is -0.456 e. The molecular formula is C44H89NO22P4. The van der Waals surface area contributed by atoms with Gasteiger partial charge in [0.05, 0.1) is 19.8 Å². The first kappa shape index (κ1) is 68.4. The predicted molar refractivity (Wildman–Crippen MR) is 263 cm³/mol. The van der Waals surface area contributed by atoms with Crippen molar-refractivity contribution in [3.63, 3.8) is 0 Å². The summed E-state index contributed by atoms with van der Waals surface area (Å²) in [6, 6.07) is 0. The van der Waals surface area contributed by atoms with Crippen LogP contribution in [0.2, 0.25) is 0 Å². The maximum Gasteiger partial charge on any atom is 0.499 e. The van der Waals surface area contributed by atoms with Crippen molar-refractivity contribution in [2.75, 3.05) is 26.4 Å². The van der Waals surface area contributed by atoms with Crippen molar-refractivity contribution in [3.8, 4) is 0 Å². The highest BCUT2D eigenvalue weighted by Gasteiger charge is 2.55. The molecule has 0 amide bonds. The summed E-state index contributed by atoms with van der Waals surface area (Å²) in [5.41, 5.74) is 5.35. The fraction of sp³-hybridized carbons (Fsp3) is 0.955. The number of carbonyl (C=O) groups excluding carboxylic acids is 2. The molecule has 1 aliphatic rings. The van der Waals surface area contributed by atoms with Crippen molar-refractivity contribution < 1.29 is 105 Å². The van der Waals surface area contributed by atoms with Crippen LogP contribution >= 0.6 is 32.5 Å². The van der Waals surface area contributed by atoms with Crippen LogP contribution in [-0.4, -0.2) is 127 Å². The fourth-order valence-corrected chi connectivity index (χ4v) is 10.3. The minimum absolute atomic E-state index is 0.0563. The number of ether oxygens (including phenoxy) is 2. The highest BCUT2D eigenvalue weighted by atomic mass is 31.2. The van der Waals surface area contributed by atoms with Crippen LogP contribution in [0.1, 0.15) is 194 Å². The summed E-state index contributed by atoms with van der Waals surface area (Å²) in [5.74, 6) is -1.50. The molecule has 1 aliphatic carbocycles. The molecule has 0 radical (unpaired) electrons. The Morgan fingerprint density at radius 3 is 1.25 bits per heavy atom. The summed E-state index contributed by atoms with van der Waals surface area (Å²) in [6.07, 6.45) is 11.1. The Balaban J connectivity index is 3.08. The van der Waals surface area contributed by atoms with Crippen LogP contribution < -0.4 is 5.73 Å². The van der Waals surface area contributed by atoms with E-state index in [1.54, 1.807) is 0 Å². The van der Waals surface area contributed by atoms with Crippen molar-refractivity contribution in [2.45, 2.75) is 242 Å². The highest BCUT2D eigenvalue weighted by Crippen LogP contribution is 2.48. The number of aliphatic hydroxyl groups is 3. The van der Waals surface area contributed by atoms with Crippen molar-refractivity contribution in [1.82, 2.24) is 0 Å². The van der Waals surface area contributed by atoms with E-state index >= 15 is 0 Å². The molecule has 0 spiro atoms. The van der Waals surface area contributed by atoms with E-state index in [2.05, 4.69) is 32.5 Å². The largest absolute Gasteiger partial charge is 0.499 e. The Hall–Kier alpha value is -0.580. The van der Waals surface area contributed by atoms with Crippen LogP contribution in [0.3, 0.4) is 0 Å². The number of carbonyl (C=O) groups is 2. The predicted octanol–water partition coefficient (Wildman–Crippen LogP) is 7.76. The molecule has 1 saturated carbocycles. The van der Waals surface area contributed by atoms with Crippen molar-refractivity contribution in [3.05, 3.63) is 0 Å². The van der Waals surface area contributed by atoms with Crippen LogP contribution in [0, 0.1) is 0 Å². The Bertz CT molecular complexity index is 1510. The normalized spacial score (nSPS) is 21.6. The number of hydrogen-bond acceptors (Lipinski definition) is 18. The van der Waals surface area contributed by atoms with E-state index in [-0.39, 0.29) is 26.0 Å². The van der Waals surface area contributed by atoms with Crippen LogP contribution in [0.4, 0.5) is 0 Å². The zero-order chi connectivity index (χ0) is 53.0. The van der Waals surface area contributed by atoms with E-state index in [1.807, 2.05) is 0 Å². The molecule has 422 valence electrons. The Kier molecular flexibility index (Phi) is 39.2. The lowest BCUT2D eigenvalue weighted by Crippen LogP contribution is -2.64. The van der Waals surface area contributed by atoms with Gasteiger partial charge in [0, 0.05) is 19.4 Å². The van der Waals surface area contributed by atoms with Gasteiger partial charge in [-0.05, 0) is 12.8 Å². The number of hydrogen-bond donors (Lipinski definition) is 9. The Morgan fingerprint density at radius 2 is 0.873 bits per heavy atom. The van der Waals surface area contributed by atoms with Gasteiger partial charge in [-0.3, -0.25) is 23.2 Å². The maximum atomic E-state index is 13.3. The number of phosphoric ester groups is 3. The molecule has 27 heteroatoms. The number of aliphatic hydroxyl groups excluding tert-OH is 3. The third-order valence-corrected chi connectivity index (χ3v) is 14.2. The molecule has 1 rings (SSSR count). The van der Waals surface area contributed by atoms with Gasteiger partial charge in [0.1, 0.15) is 36.6 Å². The van der Waals surface area contributed by atoms with Gasteiger partial charge in [0.15, 0.2) is 21.2 Å². The topological polar surface area (TPSA) is 356 Å². The molecule has 23 nitrogen and oxygen atoms in total. The van der Waals surface area contributed by atoms with Gasteiger partial charge in [0.25, 0.3) is 0 Å². The summed E-state index contributed by atoms with van der Waals surface area (Å²) in [4.78, 5) is 79.0. The molecule has 0 aromatic rings. The molecule has 0 saturated heterocycles. The van der Waals surface area contributed by atoms with Gasteiger partial charge in [-0.1, -0.05) is 168 Å². The van der Waals surface area contributed by atoms with Crippen LogP contribution in [0.15, 0.2) is 0 Å². The quantitative estimate of drug-likeness (QED) is 0.00923. The maximum absolute atomic E-state index is 13.3. The number of phosphoric acid groups is 3. The van der Waals surface area contributed by atoms with Crippen LogP contribution in [0.25, 0.3) is 0 Å². The van der Waals surface area contributed by atoms with Gasteiger partial charge in [-0.25, -0.2) is 18.6 Å². The average Bonchev–Trinajstić information content (AvgIpc) is 3.30. The lowest BCUT2D eigenvalue weighted by molar-refractivity contribution is -0.223. The van der Waals surface area contributed by atoms with Crippen LogP contribution in [0.5, 0.6) is 0 Å². The highest BCUT2D eigenvalue weighted by molar-refractivity contribution is 7.47. The molecule has 0 heterocycles. The zero-order valence-corrected chi connectivity index (χ0v) is 45.6. The summed E-state index contributed by atoms with van der Waals surface area (Å²) in [7, 11) is -17.3. The lowest BCUT2D eigenvalue weighted by atomic mass is 9.85. The monoisotopic (exact) mass is 1110 g/mol. The molecule has 10 atom stereocenters. The molecule has 0 aromatic heterocycles. The number of esters is 2. The SMILES string of the molecule is CCCCCCCCCCCCCCCC(=O)O[C@H](COPO[C@@H]1[C@H](O)[C@H](O)[C@@H](OP(=O)(O)O)[C@H](OP(=O)(O)O)[C@H]1O)[C@@H](COP(=O)(O)OOCCN)OC(=O)CCCCCCCCCCCCCCC. The minimum atomic E-state index is -5.53. The van der Waals surface area contributed by atoms with Gasteiger partial charge < -0.3 is 64.0 Å². The van der Waals surface area contributed by atoms with Gasteiger partial charge in [-0.2, -0.15) is 0 Å². The summed E-state index contributed by atoms with van der Waals surface area (Å²) in [5, 5.41) is 32.3. The molecule has 1 fully saturated rings.